The normalized spacial score (nSPS) is 12.4. The SMILES string of the molecule is c1ccc(-c2ccc3sc4c(ccc5c6cccc7c8nc9ccccc9nc8n(c67)c54)c3c2)cc1. The number of hydrogen-bond acceptors (Lipinski definition) is 3. The highest BCUT2D eigenvalue weighted by molar-refractivity contribution is 7.26. The van der Waals surface area contributed by atoms with Gasteiger partial charge in [-0.2, -0.15) is 0 Å². The van der Waals surface area contributed by atoms with Crippen LogP contribution in [0.25, 0.3) is 80.7 Å². The summed E-state index contributed by atoms with van der Waals surface area (Å²) < 4.78 is 4.97. The lowest BCUT2D eigenvalue weighted by atomic mass is 10.0. The first-order valence-corrected chi connectivity index (χ1v) is 12.9. The van der Waals surface area contributed by atoms with Crippen LogP contribution in [0.1, 0.15) is 0 Å². The van der Waals surface area contributed by atoms with Crippen molar-refractivity contribution in [1.82, 2.24) is 14.4 Å². The van der Waals surface area contributed by atoms with E-state index in [1.807, 2.05) is 29.5 Å². The number of hydrogen-bond donors (Lipinski definition) is 0. The molecule has 0 atom stereocenters. The molecule has 36 heavy (non-hydrogen) atoms. The van der Waals surface area contributed by atoms with Crippen molar-refractivity contribution in [3.8, 4) is 11.1 Å². The molecule has 0 spiro atoms. The van der Waals surface area contributed by atoms with Crippen molar-refractivity contribution >= 4 is 80.9 Å². The van der Waals surface area contributed by atoms with E-state index in [4.69, 9.17) is 9.97 Å². The van der Waals surface area contributed by atoms with Crippen LogP contribution in [0, 0.1) is 0 Å². The van der Waals surface area contributed by atoms with E-state index < -0.39 is 0 Å². The Hall–Kier alpha value is -4.54. The number of para-hydroxylation sites is 3. The lowest BCUT2D eigenvalue weighted by Gasteiger charge is -2.02. The van der Waals surface area contributed by atoms with E-state index >= 15 is 0 Å². The third-order valence-electron chi connectivity index (χ3n) is 7.51. The topological polar surface area (TPSA) is 30.2 Å². The molecule has 3 nitrogen and oxygen atoms in total. The van der Waals surface area contributed by atoms with Gasteiger partial charge in [0.1, 0.15) is 5.52 Å². The summed E-state index contributed by atoms with van der Waals surface area (Å²) in [5.41, 5.74) is 8.71. The van der Waals surface area contributed by atoms with Crippen molar-refractivity contribution in [2.24, 2.45) is 0 Å². The summed E-state index contributed by atoms with van der Waals surface area (Å²) in [7, 11) is 0. The third kappa shape index (κ3) is 2.27. The molecule has 0 amide bonds. The molecule has 0 bridgehead atoms. The van der Waals surface area contributed by atoms with Gasteiger partial charge in [-0.15, -0.1) is 11.3 Å². The van der Waals surface area contributed by atoms with Gasteiger partial charge in [0, 0.05) is 31.6 Å². The Labute approximate surface area is 209 Å². The summed E-state index contributed by atoms with van der Waals surface area (Å²) in [6.07, 6.45) is 0. The molecule has 9 rings (SSSR count). The van der Waals surface area contributed by atoms with Gasteiger partial charge in [0.05, 0.1) is 26.8 Å². The highest BCUT2D eigenvalue weighted by atomic mass is 32.1. The molecule has 166 valence electrons. The summed E-state index contributed by atoms with van der Waals surface area (Å²) in [6.45, 7) is 0. The fraction of sp³-hybridized carbons (Fsp3) is 0. The third-order valence-corrected chi connectivity index (χ3v) is 8.71. The summed E-state index contributed by atoms with van der Waals surface area (Å²) in [5, 5.41) is 6.30. The Balaban J connectivity index is 1.48. The van der Waals surface area contributed by atoms with Gasteiger partial charge in [-0.3, -0.25) is 4.40 Å². The predicted molar refractivity (Wildman–Crippen MR) is 153 cm³/mol. The van der Waals surface area contributed by atoms with Crippen molar-refractivity contribution in [1.29, 1.82) is 0 Å². The number of fused-ring (bicyclic) bond motifs is 11. The molecule has 4 aromatic heterocycles. The minimum atomic E-state index is 0.926. The van der Waals surface area contributed by atoms with E-state index in [-0.39, 0.29) is 0 Å². The highest BCUT2D eigenvalue weighted by Gasteiger charge is 2.22. The van der Waals surface area contributed by atoms with Crippen molar-refractivity contribution in [2.75, 3.05) is 0 Å². The fourth-order valence-electron chi connectivity index (χ4n) is 5.92. The van der Waals surface area contributed by atoms with Crippen molar-refractivity contribution in [3.63, 3.8) is 0 Å². The zero-order valence-corrected chi connectivity index (χ0v) is 19.9. The molecule has 0 radical (unpaired) electrons. The maximum Gasteiger partial charge on any atom is 0.165 e. The van der Waals surface area contributed by atoms with Crippen molar-refractivity contribution in [2.45, 2.75) is 0 Å². The van der Waals surface area contributed by atoms with Gasteiger partial charge in [0.25, 0.3) is 0 Å². The van der Waals surface area contributed by atoms with Crippen LogP contribution in [-0.4, -0.2) is 14.4 Å². The molecule has 0 aliphatic carbocycles. The number of rotatable bonds is 1. The van der Waals surface area contributed by atoms with Crippen LogP contribution in [-0.2, 0) is 0 Å². The number of thiophene rings is 1. The lowest BCUT2D eigenvalue weighted by Crippen LogP contribution is -1.89. The maximum absolute atomic E-state index is 5.14. The molecule has 0 fully saturated rings. The Morgan fingerprint density at radius 1 is 0.528 bits per heavy atom. The van der Waals surface area contributed by atoms with Crippen molar-refractivity contribution in [3.05, 3.63) is 103 Å². The quantitative estimate of drug-likeness (QED) is 0.237. The van der Waals surface area contributed by atoms with Crippen molar-refractivity contribution < 1.29 is 0 Å². The van der Waals surface area contributed by atoms with Gasteiger partial charge < -0.3 is 0 Å². The zero-order valence-electron chi connectivity index (χ0n) is 19.1. The number of nitrogens with zero attached hydrogens (tertiary/aromatic N) is 3. The van der Waals surface area contributed by atoms with Gasteiger partial charge in [0.2, 0.25) is 0 Å². The predicted octanol–water partition coefficient (Wildman–Crippen LogP) is 8.81. The Morgan fingerprint density at radius 2 is 1.28 bits per heavy atom. The van der Waals surface area contributed by atoms with Gasteiger partial charge in [-0.1, -0.05) is 78.9 Å². The van der Waals surface area contributed by atoms with Crippen LogP contribution < -0.4 is 0 Å². The van der Waals surface area contributed by atoms with Crippen LogP contribution >= 0.6 is 11.3 Å². The summed E-state index contributed by atoms with van der Waals surface area (Å²) in [6, 6.07) is 36.8. The number of benzene rings is 5. The largest absolute Gasteiger partial charge is 0.290 e. The number of aromatic nitrogens is 3. The minimum absolute atomic E-state index is 0.926. The van der Waals surface area contributed by atoms with Gasteiger partial charge >= 0.3 is 0 Å². The standard InChI is InChI=1S/C32H17N3S/c1-2-7-18(8-3-1)19-13-16-27-24(17-19)22-15-14-21-20-9-6-10-23-28-32(34-26-12-5-4-11-25(26)33-28)35(29(20)23)30(21)31(22)36-27/h1-17H. The Bertz CT molecular complexity index is 2310. The lowest BCUT2D eigenvalue weighted by molar-refractivity contribution is 1.28. The monoisotopic (exact) mass is 475 g/mol. The second-order valence-electron chi connectivity index (χ2n) is 9.44. The summed E-state index contributed by atoms with van der Waals surface area (Å²) in [4.78, 5) is 10.2. The molecule has 0 saturated heterocycles. The van der Waals surface area contributed by atoms with Crippen LogP contribution in [0.15, 0.2) is 103 Å². The second kappa shape index (κ2) is 6.56. The summed E-state index contributed by atoms with van der Waals surface area (Å²) >= 11 is 1.87. The van der Waals surface area contributed by atoms with E-state index in [9.17, 15) is 0 Å². The van der Waals surface area contributed by atoms with E-state index in [2.05, 4.69) is 89.3 Å². The smallest absolute Gasteiger partial charge is 0.165 e. The molecule has 9 aromatic rings. The van der Waals surface area contributed by atoms with E-state index in [0.717, 1.165) is 27.6 Å². The summed E-state index contributed by atoms with van der Waals surface area (Å²) in [5.74, 6) is 0. The second-order valence-corrected chi connectivity index (χ2v) is 10.5. The first-order valence-electron chi connectivity index (χ1n) is 12.1. The van der Waals surface area contributed by atoms with E-state index in [1.54, 1.807) is 0 Å². The molecule has 0 saturated carbocycles. The highest BCUT2D eigenvalue weighted by Crippen LogP contribution is 2.45. The molecule has 5 aromatic carbocycles. The van der Waals surface area contributed by atoms with Crippen LogP contribution in [0.2, 0.25) is 0 Å². The molecular formula is C32H17N3S. The molecule has 0 unspecified atom stereocenters. The average Bonchev–Trinajstić information content (AvgIpc) is 3.58. The molecule has 0 aliphatic rings. The molecule has 4 heterocycles. The minimum Gasteiger partial charge on any atom is -0.290 e. The van der Waals surface area contributed by atoms with E-state index in [0.29, 0.717) is 0 Å². The van der Waals surface area contributed by atoms with Crippen LogP contribution in [0.4, 0.5) is 0 Å². The van der Waals surface area contributed by atoms with Crippen LogP contribution in [0.5, 0.6) is 0 Å². The molecule has 0 aliphatic heterocycles. The van der Waals surface area contributed by atoms with Crippen LogP contribution in [0.3, 0.4) is 0 Å². The molecule has 0 N–H and O–H groups in total. The average molecular weight is 476 g/mol. The molecular weight excluding hydrogens is 458 g/mol. The zero-order chi connectivity index (χ0) is 23.4. The first-order chi connectivity index (χ1) is 17.8. The molecule has 4 heteroatoms. The first kappa shape index (κ1) is 18.7. The fourth-order valence-corrected chi connectivity index (χ4v) is 7.14. The van der Waals surface area contributed by atoms with Gasteiger partial charge in [0.15, 0.2) is 5.65 Å². The maximum atomic E-state index is 5.14. The van der Waals surface area contributed by atoms with E-state index in [1.165, 1.54) is 53.1 Å². The van der Waals surface area contributed by atoms with Gasteiger partial charge in [-0.05, 0) is 35.4 Å². The Morgan fingerprint density at radius 3 is 2.17 bits per heavy atom. The van der Waals surface area contributed by atoms with Gasteiger partial charge in [-0.25, -0.2) is 9.97 Å². The Kier molecular flexibility index (Phi) is 3.42.